The molecule has 7 heteroatoms. The molecule has 4 nitrogen and oxygen atoms in total. The minimum absolute atomic E-state index is 0. The molecule has 0 saturated carbocycles. The summed E-state index contributed by atoms with van der Waals surface area (Å²) >= 11 is 3.60. The molecular formula is C8H9INNaO3S. The summed E-state index contributed by atoms with van der Waals surface area (Å²) < 4.78 is -0.528. The number of carboxylic acids is 1. The predicted molar refractivity (Wildman–Crippen MR) is 58.9 cm³/mol. The van der Waals surface area contributed by atoms with Gasteiger partial charge in [0.1, 0.15) is 3.92 Å². The van der Waals surface area contributed by atoms with Crippen molar-refractivity contribution < 1.29 is 44.3 Å². The number of amides is 1. The third kappa shape index (κ3) is 1.96. The third-order valence-corrected chi connectivity index (χ3v) is 5.87. The number of nitrogens with zero attached hydrogens (tertiary/aromatic N) is 1. The van der Waals surface area contributed by atoms with E-state index >= 15 is 0 Å². The van der Waals surface area contributed by atoms with Crippen LogP contribution in [0.2, 0.25) is 0 Å². The van der Waals surface area contributed by atoms with Crippen molar-refractivity contribution in [3.63, 3.8) is 0 Å². The van der Waals surface area contributed by atoms with Crippen molar-refractivity contribution in [3.05, 3.63) is 0 Å². The van der Waals surface area contributed by atoms with Gasteiger partial charge >= 0.3 is 29.6 Å². The van der Waals surface area contributed by atoms with Gasteiger partial charge in [-0.25, -0.2) is 0 Å². The van der Waals surface area contributed by atoms with Gasteiger partial charge in [-0.3, -0.25) is 4.79 Å². The zero-order valence-electron chi connectivity index (χ0n) is 8.69. The van der Waals surface area contributed by atoms with Crippen LogP contribution in [-0.4, -0.2) is 36.9 Å². The van der Waals surface area contributed by atoms with Crippen LogP contribution in [0.25, 0.3) is 0 Å². The largest absolute Gasteiger partial charge is 1.00 e. The second-order valence-corrected chi connectivity index (χ2v) is 7.09. The standard InChI is InChI=1S/C8H10INO3S.Na/c1-8(2)4(7(12)13)10-5(11)3(9)6(10)14-8;/h3-4,6H,1-2H3,(H,12,13);/q;+1/p-1/t3?,4-,6+;/m0./s1. The van der Waals surface area contributed by atoms with E-state index in [-0.39, 0.29) is 44.8 Å². The van der Waals surface area contributed by atoms with Crippen molar-refractivity contribution >= 4 is 46.2 Å². The summed E-state index contributed by atoms with van der Waals surface area (Å²) in [4.78, 5) is 23.8. The molecule has 1 amide bonds. The summed E-state index contributed by atoms with van der Waals surface area (Å²) in [6, 6.07) is -0.781. The van der Waals surface area contributed by atoms with Crippen LogP contribution in [0.3, 0.4) is 0 Å². The average molecular weight is 349 g/mol. The van der Waals surface area contributed by atoms with E-state index in [4.69, 9.17) is 0 Å². The molecule has 78 valence electrons. The summed E-state index contributed by atoms with van der Waals surface area (Å²) in [5.74, 6) is -1.23. The number of rotatable bonds is 1. The number of carboxylic acid groups (broad SMARTS) is 1. The maximum Gasteiger partial charge on any atom is 1.00 e. The van der Waals surface area contributed by atoms with Crippen molar-refractivity contribution in [2.45, 2.75) is 33.9 Å². The molecule has 2 saturated heterocycles. The zero-order valence-corrected chi connectivity index (χ0v) is 13.7. The summed E-state index contributed by atoms with van der Waals surface area (Å²) in [5.41, 5.74) is 0. The molecule has 2 fully saturated rings. The number of fused-ring (bicyclic) bond motifs is 1. The Balaban J connectivity index is 0.00000112. The van der Waals surface area contributed by atoms with Gasteiger partial charge in [-0.1, -0.05) is 22.6 Å². The number of alkyl halides is 1. The Morgan fingerprint density at radius 2 is 2.13 bits per heavy atom. The minimum Gasteiger partial charge on any atom is -0.548 e. The summed E-state index contributed by atoms with van der Waals surface area (Å²) in [6.45, 7) is 3.68. The summed E-state index contributed by atoms with van der Waals surface area (Å²) in [7, 11) is 0. The second kappa shape index (κ2) is 4.36. The Morgan fingerprint density at radius 1 is 1.60 bits per heavy atom. The molecule has 1 unspecified atom stereocenters. The molecule has 0 radical (unpaired) electrons. The molecule has 2 rings (SSSR count). The van der Waals surface area contributed by atoms with Gasteiger partial charge in [0.15, 0.2) is 0 Å². The minimum atomic E-state index is -1.15. The Labute approximate surface area is 128 Å². The fraction of sp³-hybridized carbons (Fsp3) is 0.750. The molecule has 0 aromatic rings. The van der Waals surface area contributed by atoms with Crippen LogP contribution in [0, 0.1) is 0 Å². The number of hydrogen-bond donors (Lipinski definition) is 0. The quantitative estimate of drug-likeness (QED) is 0.214. The van der Waals surface area contributed by atoms with Gasteiger partial charge in [0.05, 0.1) is 17.4 Å². The monoisotopic (exact) mass is 349 g/mol. The van der Waals surface area contributed by atoms with E-state index in [9.17, 15) is 14.7 Å². The van der Waals surface area contributed by atoms with Crippen LogP contribution >= 0.6 is 34.4 Å². The van der Waals surface area contributed by atoms with E-state index in [0.717, 1.165) is 0 Å². The average Bonchev–Trinajstić information content (AvgIpc) is 2.34. The van der Waals surface area contributed by atoms with E-state index in [1.54, 1.807) is 11.8 Å². The van der Waals surface area contributed by atoms with Crippen molar-refractivity contribution in [1.82, 2.24) is 4.90 Å². The van der Waals surface area contributed by atoms with Gasteiger partial charge in [-0.2, -0.15) is 0 Å². The molecule has 0 aromatic heterocycles. The molecule has 3 atom stereocenters. The fourth-order valence-corrected chi connectivity index (χ4v) is 4.59. The first-order valence-electron chi connectivity index (χ1n) is 4.21. The number of hydrogen-bond acceptors (Lipinski definition) is 4. The van der Waals surface area contributed by atoms with Gasteiger partial charge in [0.2, 0.25) is 5.91 Å². The fourth-order valence-electron chi connectivity index (χ4n) is 1.95. The molecule has 2 heterocycles. The third-order valence-electron chi connectivity index (χ3n) is 2.60. The summed E-state index contributed by atoms with van der Waals surface area (Å²) in [5, 5.41) is 11.0. The molecule has 0 spiro atoms. The van der Waals surface area contributed by atoms with Crippen molar-refractivity contribution in [3.8, 4) is 0 Å². The van der Waals surface area contributed by atoms with Gasteiger partial charge < -0.3 is 14.8 Å². The first kappa shape index (κ1) is 14.1. The van der Waals surface area contributed by atoms with Crippen LogP contribution in [-0.2, 0) is 9.59 Å². The van der Waals surface area contributed by atoms with E-state index < -0.39 is 16.8 Å². The van der Waals surface area contributed by atoms with Crippen molar-refractivity contribution in [2.24, 2.45) is 0 Å². The number of halogens is 1. The Kier molecular flexibility index (Phi) is 4.09. The van der Waals surface area contributed by atoms with Crippen LogP contribution in [0.15, 0.2) is 0 Å². The van der Waals surface area contributed by atoms with Gasteiger partial charge in [0.25, 0.3) is 0 Å². The van der Waals surface area contributed by atoms with Crippen LogP contribution in [0.5, 0.6) is 0 Å². The number of β-lactam (4-membered cyclic amide) rings is 1. The normalized spacial score (nSPS) is 36.6. The molecule has 0 aliphatic carbocycles. The second-order valence-electron chi connectivity index (χ2n) is 3.98. The van der Waals surface area contributed by atoms with Crippen LogP contribution in [0.1, 0.15) is 13.8 Å². The van der Waals surface area contributed by atoms with E-state index in [2.05, 4.69) is 22.6 Å². The maximum absolute atomic E-state index is 11.5. The van der Waals surface area contributed by atoms with E-state index in [1.807, 2.05) is 13.8 Å². The number of carbonyl (C=O) groups excluding carboxylic acids is 2. The van der Waals surface area contributed by atoms with Crippen molar-refractivity contribution in [2.75, 3.05) is 0 Å². The molecule has 0 aromatic carbocycles. The predicted octanol–water partition coefficient (Wildman–Crippen LogP) is -3.39. The molecule has 0 bridgehead atoms. The Bertz CT molecular complexity index is 325. The molecular weight excluding hydrogens is 340 g/mol. The molecule has 2 aliphatic heterocycles. The summed E-state index contributed by atoms with van der Waals surface area (Å²) in [6.07, 6.45) is 0. The van der Waals surface area contributed by atoms with E-state index in [1.165, 1.54) is 4.90 Å². The first-order valence-corrected chi connectivity index (χ1v) is 6.34. The van der Waals surface area contributed by atoms with E-state index in [0.29, 0.717) is 0 Å². The maximum atomic E-state index is 11.5. The van der Waals surface area contributed by atoms with Crippen LogP contribution < -0.4 is 34.7 Å². The number of aliphatic carboxylic acids is 1. The van der Waals surface area contributed by atoms with Gasteiger partial charge in [-0.15, -0.1) is 11.8 Å². The Hall–Kier alpha value is 1.02. The van der Waals surface area contributed by atoms with Crippen molar-refractivity contribution in [1.29, 1.82) is 0 Å². The molecule has 2 aliphatic rings. The smallest absolute Gasteiger partial charge is 0.548 e. The topological polar surface area (TPSA) is 60.4 Å². The Morgan fingerprint density at radius 3 is 2.60 bits per heavy atom. The van der Waals surface area contributed by atoms with Gasteiger partial charge in [-0.05, 0) is 13.8 Å². The number of thioether (sulfide) groups is 1. The number of carbonyl (C=O) groups is 2. The SMILES string of the molecule is CC1(C)S[C@@H]2C(I)C(=O)N2[C@H]1C(=O)[O-].[Na+]. The zero-order chi connectivity index (χ0) is 10.7. The first-order chi connectivity index (χ1) is 6.36. The molecule has 0 N–H and O–H groups in total. The van der Waals surface area contributed by atoms with Gasteiger partial charge in [0, 0.05) is 4.75 Å². The molecule has 15 heavy (non-hydrogen) atoms. The van der Waals surface area contributed by atoms with Crippen LogP contribution in [0.4, 0.5) is 0 Å².